The second kappa shape index (κ2) is 11.6. The van der Waals surface area contributed by atoms with Crippen molar-refractivity contribution in [1.29, 1.82) is 0 Å². The lowest BCUT2D eigenvalue weighted by molar-refractivity contribution is -0.143. The van der Waals surface area contributed by atoms with Gasteiger partial charge in [0.05, 0.1) is 6.54 Å². The Morgan fingerprint density at radius 3 is 2.73 bits per heavy atom. The maximum absolute atomic E-state index is 12.6. The topological polar surface area (TPSA) is 42.9 Å². The van der Waals surface area contributed by atoms with Crippen molar-refractivity contribution in [2.45, 2.75) is 32.0 Å². The molecule has 2 saturated heterocycles. The average Bonchev–Trinajstić information content (AvgIpc) is 3.28. The number of alkyl halides is 3. The minimum absolute atomic E-state index is 0. The monoisotopic (exact) mass is 559 g/mol. The second-order valence-electron chi connectivity index (χ2n) is 7.78. The van der Waals surface area contributed by atoms with Crippen LogP contribution in [-0.2, 0) is 0 Å². The summed E-state index contributed by atoms with van der Waals surface area (Å²) in [5.41, 5.74) is 1.11. The molecule has 170 valence electrons. The molecule has 0 spiro atoms. The SMILES string of the molecule is CCNC(=NCC1CCN(CC(F)(F)F)C1)NC1CCN(c2cccc(Cl)c2)C1.I. The largest absolute Gasteiger partial charge is 0.401 e. The molecule has 5 nitrogen and oxygen atoms in total. The minimum atomic E-state index is -4.13. The van der Waals surface area contributed by atoms with Gasteiger partial charge in [-0.3, -0.25) is 9.89 Å². The Bertz CT molecular complexity index is 703. The van der Waals surface area contributed by atoms with Gasteiger partial charge in [-0.25, -0.2) is 0 Å². The number of hydrogen-bond donors (Lipinski definition) is 2. The third-order valence-electron chi connectivity index (χ3n) is 5.33. The molecular formula is C20H30ClF3IN5. The number of anilines is 1. The molecule has 0 amide bonds. The molecule has 2 aliphatic rings. The summed E-state index contributed by atoms with van der Waals surface area (Å²) in [5.74, 6) is 0.902. The molecule has 3 rings (SSSR count). The van der Waals surface area contributed by atoms with Crippen molar-refractivity contribution in [2.24, 2.45) is 10.9 Å². The predicted octanol–water partition coefficient (Wildman–Crippen LogP) is 3.98. The van der Waals surface area contributed by atoms with Crippen molar-refractivity contribution < 1.29 is 13.2 Å². The Hall–Kier alpha value is -0.940. The number of guanidine groups is 1. The summed E-state index contributed by atoms with van der Waals surface area (Å²) in [5, 5.41) is 7.45. The lowest BCUT2D eigenvalue weighted by Gasteiger charge is -2.21. The fourth-order valence-corrected chi connectivity index (χ4v) is 4.16. The van der Waals surface area contributed by atoms with E-state index in [1.54, 1.807) is 0 Å². The molecule has 0 saturated carbocycles. The zero-order valence-electron chi connectivity index (χ0n) is 17.1. The zero-order chi connectivity index (χ0) is 20.9. The van der Waals surface area contributed by atoms with Crippen LogP contribution in [-0.4, -0.2) is 68.9 Å². The fraction of sp³-hybridized carbons (Fsp3) is 0.650. The van der Waals surface area contributed by atoms with Gasteiger partial charge in [-0.2, -0.15) is 13.2 Å². The Kier molecular flexibility index (Phi) is 9.80. The number of halogens is 5. The fourth-order valence-electron chi connectivity index (χ4n) is 3.98. The standard InChI is InChI=1S/C20H29ClF3N5.HI/c1-2-25-19(26-11-15-6-8-28(12-15)14-20(22,23)24)27-17-7-9-29(13-17)18-5-3-4-16(21)10-18;/h3-5,10,15,17H,2,6-9,11-14H2,1H3,(H2,25,26,27);1H. The van der Waals surface area contributed by atoms with Crippen LogP contribution in [0.1, 0.15) is 19.8 Å². The molecule has 10 heteroatoms. The maximum Gasteiger partial charge on any atom is 0.401 e. The summed E-state index contributed by atoms with van der Waals surface area (Å²) in [7, 11) is 0. The number of benzene rings is 1. The minimum Gasteiger partial charge on any atom is -0.369 e. The van der Waals surface area contributed by atoms with Crippen LogP contribution in [0, 0.1) is 5.92 Å². The first-order valence-electron chi connectivity index (χ1n) is 10.2. The van der Waals surface area contributed by atoms with E-state index in [0.29, 0.717) is 19.6 Å². The van der Waals surface area contributed by atoms with E-state index in [0.717, 1.165) is 49.1 Å². The molecule has 2 N–H and O–H groups in total. The van der Waals surface area contributed by atoms with Crippen molar-refractivity contribution in [3.63, 3.8) is 0 Å². The molecule has 2 unspecified atom stereocenters. The third-order valence-corrected chi connectivity index (χ3v) is 5.56. The molecule has 1 aromatic rings. The lowest BCUT2D eigenvalue weighted by atomic mass is 10.1. The predicted molar refractivity (Wildman–Crippen MR) is 127 cm³/mol. The Morgan fingerprint density at radius 1 is 1.23 bits per heavy atom. The van der Waals surface area contributed by atoms with E-state index in [2.05, 4.69) is 26.6 Å². The van der Waals surface area contributed by atoms with Gasteiger partial charge in [-0.1, -0.05) is 17.7 Å². The number of likely N-dealkylation sites (tertiary alicyclic amines) is 1. The van der Waals surface area contributed by atoms with Gasteiger partial charge in [0.2, 0.25) is 0 Å². The quantitative estimate of drug-likeness (QED) is 0.315. The van der Waals surface area contributed by atoms with Gasteiger partial charge in [0.15, 0.2) is 5.96 Å². The summed E-state index contributed by atoms with van der Waals surface area (Å²) in [4.78, 5) is 8.41. The molecule has 0 radical (unpaired) electrons. The molecule has 2 atom stereocenters. The molecule has 0 aromatic heterocycles. The highest BCUT2D eigenvalue weighted by molar-refractivity contribution is 14.0. The molecule has 0 aliphatic carbocycles. The van der Waals surface area contributed by atoms with Crippen LogP contribution in [0.3, 0.4) is 0 Å². The van der Waals surface area contributed by atoms with Gasteiger partial charge in [0, 0.05) is 49.5 Å². The summed E-state index contributed by atoms with van der Waals surface area (Å²) in [6, 6.07) is 8.10. The van der Waals surface area contributed by atoms with E-state index >= 15 is 0 Å². The van der Waals surface area contributed by atoms with Gasteiger partial charge in [-0.15, -0.1) is 24.0 Å². The maximum atomic E-state index is 12.6. The van der Waals surface area contributed by atoms with Gasteiger partial charge < -0.3 is 15.5 Å². The second-order valence-corrected chi connectivity index (χ2v) is 8.22. The molecule has 0 bridgehead atoms. The van der Waals surface area contributed by atoms with Crippen LogP contribution >= 0.6 is 35.6 Å². The number of rotatable bonds is 6. The van der Waals surface area contributed by atoms with Gasteiger partial charge in [0.1, 0.15) is 0 Å². The van der Waals surface area contributed by atoms with Gasteiger partial charge in [0.25, 0.3) is 0 Å². The molecular weight excluding hydrogens is 530 g/mol. The van der Waals surface area contributed by atoms with Crippen molar-refractivity contribution >= 4 is 47.2 Å². The first-order valence-corrected chi connectivity index (χ1v) is 10.5. The van der Waals surface area contributed by atoms with Crippen molar-refractivity contribution in [3.05, 3.63) is 29.3 Å². The van der Waals surface area contributed by atoms with Crippen LogP contribution in [0.25, 0.3) is 0 Å². The number of nitrogens with one attached hydrogen (secondary N) is 2. The Morgan fingerprint density at radius 2 is 2.03 bits per heavy atom. The van der Waals surface area contributed by atoms with E-state index in [-0.39, 0.29) is 35.9 Å². The Labute approximate surface area is 198 Å². The normalized spacial score (nSPS) is 22.8. The summed E-state index contributed by atoms with van der Waals surface area (Å²) < 4.78 is 37.7. The molecule has 1 aromatic carbocycles. The van der Waals surface area contributed by atoms with Crippen LogP contribution < -0.4 is 15.5 Å². The zero-order valence-corrected chi connectivity index (χ0v) is 20.2. The molecule has 30 heavy (non-hydrogen) atoms. The van der Waals surface area contributed by atoms with E-state index < -0.39 is 12.7 Å². The molecule has 2 heterocycles. The third kappa shape index (κ3) is 7.96. The van der Waals surface area contributed by atoms with Crippen LogP contribution in [0.2, 0.25) is 5.02 Å². The summed E-state index contributed by atoms with van der Waals surface area (Å²) in [6.45, 7) is 5.18. The summed E-state index contributed by atoms with van der Waals surface area (Å²) in [6.07, 6.45) is -2.39. The smallest absolute Gasteiger partial charge is 0.369 e. The van der Waals surface area contributed by atoms with Crippen molar-refractivity contribution in [1.82, 2.24) is 15.5 Å². The molecule has 2 fully saturated rings. The van der Waals surface area contributed by atoms with E-state index in [1.807, 2.05) is 25.1 Å². The highest BCUT2D eigenvalue weighted by Gasteiger charge is 2.34. The summed E-state index contributed by atoms with van der Waals surface area (Å²) >= 11 is 6.10. The van der Waals surface area contributed by atoms with E-state index in [4.69, 9.17) is 11.6 Å². The van der Waals surface area contributed by atoms with Crippen molar-refractivity contribution in [2.75, 3.05) is 50.7 Å². The molecule has 2 aliphatic heterocycles. The highest BCUT2D eigenvalue weighted by atomic mass is 127. The first kappa shape index (κ1) is 25.3. The van der Waals surface area contributed by atoms with Crippen LogP contribution in [0.4, 0.5) is 18.9 Å². The number of hydrogen-bond acceptors (Lipinski definition) is 3. The highest BCUT2D eigenvalue weighted by Crippen LogP contribution is 2.24. The average molecular weight is 560 g/mol. The van der Waals surface area contributed by atoms with E-state index in [9.17, 15) is 13.2 Å². The van der Waals surface area contributed by atoms with Crippen LogP contribution in [0.5, 0.6) is 0 Å². The van der Waals surface area contributed by atoms with Crippen molar-refractivity contribution in [3.8, 4) is 0 Å². The van der Waals surface area contributed by atoms with Crippen LogP contribution in [0.15, 0.2) is 29.3 Å². The number of aliphatic imine (C=N–C) groups is 1. The van der Waals surface area contributed by atoms with E-state index in [1.165, 1.54) is 4.90 Å². The van der Waals surface area contributed by atoms with Gasteiger partial charge in [-0.05, 0) is 50.4 Å². The first-order chi connectivity index (χ1) is 13.8. The number of nitrogens with zero attached hydrogens (tertiary/aromatic N) is 3. The Balaban J connectivity index is 0.00000320. The van der Waals surface area contributed by atoms with Gasteiger partial charge >= 0.3 is 6.18 Å². The lowest BCUT2D eigenvalue weighted by Crippen LogP contribution is -2.45.